The normalized spacial score (nSPS) is 15.2. The van der Waals surface area contributed by atoms with Crippen molar-refractivity contribution in [2.24, 2.45) is 5.92 Å². The molecular weight excluding hydrogens is 281 g/mol. The van der Waals surface area contributed by atoms with E-state index in [1.807, 2.05) is 0 Å². The molecule has 0 atom stereocenters. The zero-order chi connectivity index (χ0) is 14.9. The molecule has 110 valence electrons. The summed E-state index contributed by atoms with van der Waals surface area (Å²) in [6.45, 7) is -0.317. The van der Waals surface area contributed by atoms with Crippen LogP contribution in [0.25, 0.3) is 0 Å². The quantitative estimate of drug-likeness (QED) is 0.824. The molecule has 7 nitrogen and oxygen atoms in total. The second-order valence-electron chi connectivity index (χ2n) is 4.49. The fourth-order valence-corrected chi connectivity index (χ4v) is 1.62. The molecule has 0 aromatic carbocycles. The molecule has 0 radical (unpaired) electrons. The van der Waals surface area contributed by atoms with E-state index in [4.69, 9.17) is 5.11 Å². The van der Waals surface area contributed by atoms with Crippen LogP contribution in [0.5, 0.6) is 0 Å². The van der Waals surface area contributed by atoms with Crippen LogP contribution in [0.2, 0.25) is 0 Å². The molecule has 0 bridgehead atoms. The lowest BCUT2D eigenvalue weighted by molar-refractivity contribution is -0.145. The maximum absolute atomic E-state index is 12.8. The molecule has 1 aliphatic rings. The van der Waals surface area contributed by atoms with Crippen molar-refractivity contribution < 1.29 is 27.9 Å². The van der Waals surface area contributed by atoms with Crippen LogP contribution in [0.3, 0.4) is 0 Å². The number of carbonyl (C=O) groups excluding carboxylic acids is 1. The highest BCUT2D eigenvalue weighted by molar-refractivity contribution is 5.87. The molecule has 0 spiro atoms. The van der Waals surface area contributed by atoms with Crippen LogP contribution >= 0.6 is 0 Å². The van der Waals surface area contributed by atoms with E-state index in [1.165, 1.54) is 0 Å². The summed E-state index contributed by atoms with van der Waals surface area (Å²) in [5, 5.41) is 17.2. The summed E-state index contributed by atoms with van der Waals surface area (Å²) < 4.78 is 38.6. The number of carboxylic acid groups (broad SMARTS) is 1. The van der Waals surface area contributed by atoms with Gasteiger partial charge in [0.15, 0.2) is 5.69 Å². The second-order valence-corrected chi connectivity index (χ2v) is 4.49. The highest BCUT2D eigenvalue weighted by Crippen LogP contribution is 2.31. The van der Waals surface area contributed by atoms with Crippen LogP contribution in [-0.4, -0.2) is 38.5 Å². The maximum atomic E-state index is 12.8. The van der Waals surface area contributed by atoms with E-state index in [0.29, 0.717) is 12.5 Å². The van der Waals surface area contributed by atoms with Crippen LogP contribution in [0.1, 0.15) is 29.0 Å². The Morgan fingerprint density at radius 2 is 2.05 bits per heavy atom. The van der Waals surface area contributed by atoms with Crippen molar-refractivity contribution in [3.05, 3.63) is 11.4 Å². The predicted octanol–water partition coefficient (Wildman–Crippen LogP) is 0.521. The molecule has 0 saturated heterocycles. The van der Waals surface area contributed by atoms with E-state index < -0.39 is 36.0 Å². The summed E-state index contributed by atoms with van der Waals surface area (Å²) in [5.41, 5.74) is -2.75. The lowest BCUT2D eigenvalue weighted by Crippen LogP contribution is -2.31. The number of nitrogens with zero attached hydrogens (tertiary/aromatic N) is 3. The van der Waals surface area contributed by atoms with Gasteiger partial charge in [-0.25, -0.2) is 9.48 Å². The minimum atomic E-state index is -4.95. The van der Waals surface area contributed by atoms with Crippen molar-refractivity contribution in [1.82, 2.24) is 20.3 Å². The number of amides is 1. The summed E-state index contributed by atoms with van der Waals surface area (Å²) in [7, 11) is 0. The molecule has 2 rings (SSSR count). The van der Waals surface area contributed by atoms with Gasteiger partial charge in [-0.1, -0.05) is 5.21 Å². The molecule has 0 unspecified atom stereocenters. The summed E-state index contributed by atoms with van der Waals surface area (Å²) in [6, 6.07) is 0. The molecule has 0 aliphatic heterocycles. The first-order valence-corrected chi connectivity index (χ1v) is 5.79. The van der Waals surface area contributed by atoms with Crippen molar-refractivity contribution in [2.45, 2.75) is 25.6 Å². The minimum Gasteiger partial charge on any atom is -0.476 e. The molecule has 10 heteroatoms. The molecule has 1 aliphatic carbocycles. The van der Waals surface area contributed by atoms with Crippen molar-refractivity contribution in [3.8, 4) is 0 Å². The third-order valence-electron chi connectivity index (χ3n) is 2.78. The molecule has 1 aromatic heterocycles. The Kier molecular flexibility index (Phi) is 3.64. The van der Waals surface area contributed by atoms with Crippen LogP contribution < -0.4 is 5.32 Å². The summed E-state index contributed by atoms with van der Waals surface area (Å²) >= 11 is 0. The number of hydrogen-bond acceptors (Lipinski definition) is 4. The van der Waals surface area contributed by atoms with Gasteiger partial charge in [0.05, 0.1) is 0 Å². The average Bonchev–Trinajstić information content (AvgIpc) is 3.04. The lowest BCUT2D eigenvalue weighted by Gasteiger charge is -2.10. The van der Waals surface area contributed by atoms with E-state index >= 15 is 0 Å². The number of aromatic nitrogens is 3. The van der Waals surface area contributed by atoms with Crippen LogP contribution in [0, 0.1) is 5.92 Å². The number of nitrogens with one attached hydrogen (secondary N) is 1. The van der Waals surface area contributed by atoms with Gasteiger partial charge in [0.2, 0.25) is 11.6 Å². The van der Waals surface area contributed by atoms with E-state index in [2.05, 4.69) is 15.6 Å². The molecule has 1 fully saturated rings. The monoisotopic (exact) mass is 292 g/mol. The molecule has 1 amide bonds. The zero-order valence-corrected chi connectivity index (χ0v) is 10.1. The fourth-order valence-electron chi connectivity index (χ4n) is 1.62. The smallest absolute Gasteiger partial charge is 0.435 e. The predicted molar refractivity (Wildman–Crippen MR) is 57.7 cm³/mol. The van der Waals surface area contributed by atoms with Gasteiger partial charge in [-0.3, -0.25) is 4.79 Å². The molecule has 1 heterocycles. The number of halogens is 3. The Morgan fingerprint density at radius 3 is 2.55 bits per heavy atom. The van der Waals surface area contributed by atoms with Crippen molar-refractivity contribution >= 4 is 11.9 Å². The Balaban J connectivity index is 2.13. The Bertz CT molecular complexity index is 536. The van der Waals surface area contributed by atoms with Gasteiger partial charge in [0.1, 0.15) is 6.54 Å². The number of aromatic carboxylic acids is 1. The third kappa shape index (κ3) is 3.25. The molecule has 20 heavy (non-hydrogen) atoms. The van der Waals surface area contributed by atoms with E-state index in [0.717, 1.165) is 12.8 Å². The van der Waals surface area contributed by atoms with Crippen LogP contribution in [-0.2, 0) is 17.5 Å². The lowest BCUT2D eigenvalue weighted by atomic mass is 10.3. The molecular formula is C10H11F3N4O3. The zero-order valence-electron chi connectivity index (χ0n) is 10.1. The van der Waals surface area contributed by atoms with Crippen LogP contribution in [0.15, 0.2) is 0 Å². The number of carbonyl (C=O) groups is 2. The number of carboxylic acids is 1. The second kappa shape index (κ2) is 5.10. The van der Waals surface area contributed by atoms with E-state index in [9.17, 15) is 22.8 Å². The molecule has 2 N–H and O–H groups in total. The number of hydrogen-bond donors (Lipinski definition) is 2. The third-order valence-corrected chi connectivity index (χ3v) is 2.78. The topological polar surface area (TPSA) is 97.1 Å². The highest BCUT2D eigenvalue weighted by Gasteiger charge is 2.42. The summed E-state index contributed by atoms with van der Waals surface area (Å²) in [4.78, 5) is 22.2. The van der Waals surface area contributed by atoms with E-state index in [1.54, 1.807) is 0 Å². The van der Waals surface area contributed by atoms with Gasteiger partial charge in [-0.2, -0.15) is 13.2 Å². The van der Waals surface area contributed by atoms with Gasteiger partial charge in [-0.05, 0) is 18.8 Å². The minimum absolute atomic E-state index is 0.256. The number of alkyl halides is 3. The first-order valence-electron chi connectivity index (χ1n) is 5.79. The highest BCUT2D eigenvalue weighted by atomic mass is 19.4. The summed E-state index contributed by atoms with van der Waals surface area (Å²) in [6.07, 6.45) is -2.98. The van der Waals surface area contributed by atoms with Gasteiger partial charge in [0.25, 0.3) is 0 Å². The van der Waals surface area contributed by atoms with Crippen molar-refractivity contribution in [2.75, 3.05) is 6.54 Å². The van der Waals surface area contributed by atoms with Gasteiger partial charge in [-0.15, -0.1) is 5.10 Å². The largest absolute Gasteiger partial charge is 0.476 e. The van der Waals surface area contributed by atoms with Crippen molar-refractivity contribution in [3.63, 3.8) is 0 Å². The fraction of sp³-hybridized carbons (Fsp3) is 0.600. The van der Waals surface area contributed by atoms with Gasteiger partial charge >= 0.3 is 12.1 Å². The summed E-state index contributed by atoms with van der Waals surface area (Å²) in [5.74, 6) is -2.13. The standard InChI is InChI=1S/C10H11F3N4O3/c11-10(12,13)8-7(9(19)20)15-16-17(8)4-6(18)14-3-5-1-2-5/h5H,1-4H2,(H,14,18)(H,19,20). The number of rotatable bonds is 5. The molecule has 1 aromatic rings. The van der Waals surface area contributed by atoms with E-state index in [-0.39, 0.29) is 4.68 Å². The Hall–Kier alpha value is -2.13. The SMILES string of the molecule is O=C(Cn1nnc(C(=O)O)c1C(F)(F)F)NCC1CC1. The Morgan fingerprint density at radius 1 is 1.40 bits per heavy atom. The van der Waals surface area contributed by atoms with Gasteiger partial charge < -0.3 is 10.4 Å². The first-order chi connectivity index (χ1) is 9.29. The van der Waals surface area contributed by atoms with Crippen molar-refractivity contribution in [1.29, 1.82) is 0 Å². The Labute approximate surface area is 110 Å². The first kappa shape index (κ1) is 14.3. The average molecular weight is 292 g/mol. The maximum Gasteiger partial charge on any atom is 0.435 e. The van der Waals surface area contributed by atoms with Gasteiger partial charge in [0, 0.05) is 6.54 Å². The molecule has 1 saturated carbocycles. The van der Waals surface area contributed by atoms with Crippen LogP contribution in [0.4, 0.5) is 13.2 Å².